The molecule has 1 atom stereocenters. The van der Waals surface area contributed by atoms with Gasteiger partial charge in [-0.1, -0.05) is 18.2 Å². The Labute approximate surface area is 155 Å². The highest BCUT2D eigenvalue weighted by atomic mass is 31.2. The largest absolute Gasteiger partial charge is 0.497 e. The summed E-state index contributed by atoms with van der Waals surface area (Å²) in [5.74, 6) is 0.454. The highest BCUT2D eigenvalue weighted by Gasteiger charge is 2.39. The van der Waals surface area contributed by atoms with E-state index >= 15 is 0 Å². The lowest BCUT2D eigenvalue weighted by molar-refractivity contribution is 0.213. The molecule has 0 saturated carbocycles. The summed E-state index contributed by atoms with van der Waals surface area (Å²) in [6.07, 6.45) is 0. The van der Waals surface area contributed by atoms with Gasteiger partial charge in [0.2, 0.25) is 0 Å². The first kappa shape index (κ1) is 20.3. The third-order valence-electron chi connectivity index (χ3n) is 3.75. The van der Waals surface area contributed by atoms with Crippen LogP contribution in [0.1, 0.15) is 25.2 Å². The molecule has 0 aliphatic rings. The van der Waals surface area contributed by atoms with E-state index in [0.29, 0.717) is 17.1 Å². The Morgan fingerprint density at radius 1 is 0.962 bits per heavy atom. The summed E-state index contributed by atoms with van der Waals surface area (Å²) in [4.78, 5) is 0. The smallest absolute Gasteiger partial charge is 0.357 e. The van der Waals surface area contributed by atoms with E-state index < -0.39 is 13.4 Å². The summed E-state index contributed by atoms with van der Waals surface area (Å²) in [5, 5.41) is 3.28. The van der Waals surface area contributed by atoms with E-state index in [0.717, 1.165) is 5.69 Å². The second kappa shape index (κ2) is 9.62. The van der Waals surface area contributed by atoms with Crippen molar-refractivity contribution in [2.45, 2.75) is 19.6 Å². The van der Waals surface area contributed by atoms with Gasteiger partial charge in [-0.3, -0.25) is 4.57 Å². The van der Waals surface area contributed by atoms with Crippen LogP contribution in [0.15, 0.2) is 48.5 Å². The van der Waals surface area contributed by atoms with Crippen molar-refractivity contribution < 1.29 is 23.1 Å². The Kier molecular flexibility index (Phi) is 7.51. The molecular weight excluding hydrogens is 353 g/mol. The molecule has 0 spiro atoms. The van der Waals surface area contributed by atoms with Crippen LogP contribution >= 0.6 is 7.60 Å². The van der Waals surface area contributed by atoms with E-state index in [1.807, 2.05) is 36.4 Å². The number of anilines is 1. The van der Waals surface area contributed by atoms with Crippen LogP contribution in [0.5, 0.6) is 11.5 Å². The van der Waals surface area contributed by atoms with Gasteiger partial charge in [0.25, 0.3) is 0 Å². The fraction of sp³-hybridized carbons (Fsp3) is 0.368. The lowest BCUT2D eigenvalue weighted by Crippen LogP contribution is -2.16. The third-order valence-corrected chi connectivity index (χ3v) is 6.02. The zero-order chi connectivity index (χ0) is 19.0. The molecule has 0 amide bonds. The van der Waals surface area contributed by atoms with Gasteiger partial charge in [0.1, 0.15) is 11.5 Å². The van der Waals surface area contributed by atoms with Crippen molar-refractivity contribution >= 4 is 13.3 Å². The van der Waals surface area contributed by atoms with Crippen LogP contribution in [0.2, 0.25) is 0 Å². The van der Waals surface area contributed by atoms with Crippen LogP contribution in [-0.4, -0.2) is 27.4 Å². The molecule has 0 fully saturated rings. The van der Waals surface area contributed by atoms with Gasteiger partial charge in [0.05, 0.1) is 27.4 Å². The summed E-state index contributed by atoms with van der Waals surface area (Å²) in [6.45, 7) is 4.11. The Morgan fingerprint density at radius 2 is 1.62 bits per heavy atom. The Balaban J connectivity index is 2.54. The molecule has 142 valence electrons. The number of ether oxygens (including phenoxy) is 2. The maximum Gasteiger partial charge on any atom is 0.357 e. The minimum Gasteiger partial charge on any atom is -0.497 e. The van der Waals surface area contributed by atoms with Crippen molar-refractivity contribution in [3.05, 3.63) is 54.1 Å². The zero-order valence-electron chi connectivity index (χ0n) is 15.6. The summed E-state index contributed by atoms with van der Waals surface area (Å²) >= 11 is 0. The monoisotopic (exact) mass is 379 g/mol. The van der Waals surface area contributed by atoms with Crippen molar-refractivity contribution in [2.24, 2.45) is 0 Å². The van der Waals surface area contributed by atoms with Crippen LogP contribution in [0.3, 0.4) is 0 Å². The molecule has 7 heteroatoms. The molecule has 0 aliphatic heterocycles. The van der Waals surface area contributed by atoms with Crippen LogP contribution in [0.4, 0.5) is 5.69 Å². The number of hydrogen-bond acceptors (Lipinski definition) is 6. The van der Waals surface area contributed by atoms with E-state index in [2.05, 4.69) is 5.32 Å². The van der Waals surface area contributed by atoms with E-state index in [1.165, 1.54) is 0 Å². The number of methoxy groups -OCH3 is 2. The second-order valence-corrected chi connectivity index (χ2v) is 7.51. The first-order valence-corrected chi connectivity index (χ1v) is 10.1. The number of benzene rings is 2. The number of para-hydroxylation sites is 1. The second-order valence-electron chi connectivity index (χ2n) is 5.40. The van der Waals surface area contributed by atoms with Crippen molar-refractivity contribution in [2.75, 3.05) is 32.8 Å². The fourth-order valence-corrected chi connectivity index (χ4v) is 4.56. The molecule has 0 aliphatic carbocycles. The SMILES string of the molecule is CCOP(=O)(OCC)C(Nc1ccccc1)c1ccc(OC)cc1OC. The molecular formula is C19H26NO5P. The van der Waals surface area contributed by atoms with Crippen LogP contribution in [0.25, 0.3) is 0 Å². The van der Waals surface area contributed by atoms with Crippen molar-refractivity contribution in [3.8, 4) is 11.5 Å². The van der Waals surface area contributed by atoms with Gasteiger partial charge in [0.15, 0.2) is 5.78 Å². The van der Waals surface area contributed by atoms with Crippen LogP contribution in [0, 0.1) is 0 Å². The average Bonchev–Trinajstić information content (AvgIpc) is 2.67. The Bertz CT molecular complexity index is 728. The summed E-state index contributed by atoms with van der Waals surface area (Å²) in [7, 11) is -0.370. The summed E-state index contributed by atoms with van der Waals surface area (Å²) in [5.41, 5.74) is 1.47. The molecule has 2 aromatic rings. The highest BCUT2D eigenvalue weighted by molar-refractivity contribution is 7.54. The molecule has 6 nitrogen and oxygen atoms in total. The molecule has 0 saturated heterocycles. The van der Waals surface area contributed by atoms with Crippen LogP contribution in [-0.2, 0) is 13.6 Å². The summed E-state index contributed by atoms with van der Waals surface area (Å²) < 4.78 is 35.5. The summed E-state index contributed by atoms with van der Waals surface area (Å²) in [6, 6.07) is 14.9. The minimum atomic E-state index is -3.51. The highest BCUT2D eigenvalue weighted by Crippen LogP contribution is 2.62. The quantitative estimate of drug-likeness (QED) is 0.581. The van der Waals surface area contributed by atoms with E-state index in [-0.39, 0.29) is 13.2 Å². The van der Waals surface area contributed by atoms with Gasteiger partial charge >= 0.3 is 7.60 Å². The Morgan fingerprint density at radius 3 is 2.15 bits per heavy atom. The standard InChI is InChI=1S/C19H26NO5P/c1-5-24-26(21,25-6-2)19(20-15-10-8-7-9-11-15)17-13-12-16(22-3)14-18(17)23-4/h7-14,19-20H,5-6H2,1-4H3. The number of rotatable bonds is 10. The van der Waals surface area contributed by atoms with E-state index in [9.17, 15) is 4.57 Å². The van der Waals surface area contributed by atoms with Gasteiger partial charge in [-0.2, -0.15) is 0 Å². The maximum atomic E-state index is 13.5. The van der Waals surface area contributed by atoms with Crippen molar-refractivity contribution in [1.82, 2.24) is 0 Å². The van der Waals surface area contributed by atoms with E-state index in [1.54, 1.807) is 40.2 Å². The lowest BCUT2D eigenvalue weighted by Gasteiger charge is -2.29. The molecule has 1 N–H and O–H groups in total. The molecule has 0 heterocycles. The topological polar surface area (TPSA) is 66.0 Å². The lowest BCUT2D eigenvalue weighted by atomic mass is 10.1. The van der Waals surface area contributed by atoms with Gasteiger partial charge in [-0.15, -0.1) is 0 Å². The van der Waals surface area contributed by atoms with Gasteiger partial charge < -0.3 is 23.8 Å². The minimum absolute atomic E-state index is 0.267. The van der Waals surface area contributed by atoms with E-state index in [4.69, 9.17) is 18.5 Å². The first-order valence-electron chi connectivity index (χ1n) is 8.50. The van der Waals surface area contributed by atoms with Gasteiger partial charge in [-0.25, -0.2) is 0 Å². The van der Waals surface area contributed by atoms with Crippen molar-refractivity contribution in [3.63, 3.8) is 0 Å². The fourth-order valence-electron chi connectivity index (χ4n) is 2.61. The maximum absolute atomic E-state index is 13.5. The van der Waals surface area contributed by atoms with Crippen LogP contribution < -0.4 is 14.8 Å². The first-order chi connectivity index (χ1) is 12.6. The van der Waals surface area contributed by atoms with Crippen molar-refractivity contribution in [1.29, 1.82) is 0 Å². The number of hydrogen-bond donors (Lipinski definition) is 1. The normalized spacial score (nSPS) is 12.5. The molecule has 0 bridgehead atoms. The van der Waals surface area contributed by atoms with Gasteiger partial charge in [0, 0.05) is 17.3 Å². The molecule has 2 rings (SSSR count). The predicted octanol–water partition coefficient (Wildman–Crippen LogP) is 5.08. The predicted molar refractivity (Wildman–Crippen MR) is 103 cm³/mol. The molecule has 26 heavy (non-hydrogen) atoms. The zero-order valence-corrected chi connectivity index (χ0v) is 16.5. The molecule has 0 aromatic heterocycles. The molecule has 1 unspecified atom stereocenters. The third kappa shape index (κ3) is 4.79. The average molecular weight is 379 g/mol. The Hall–Kier alpha value is -2.01. The molecule has 0 radical (unpaired) electrons. The number of nitrogens with one attached hydrogen (secondary N) is 1. The van der Waals surface area contributed by atoms with Gasteiger partial charge in [-0.05, 0) is 38.1 Å². The molecule has 2 aromatic carbocycles.